The van der Waals surface area contributed by atoms with Crippen molar-refractivity contribution in [3.05, 3.63) is 35.4 Å². The average Bonchev–Trinajstić information content (AvgIpc) is 2.60. The highest BCUT2D eigenvalue weighted by atomic mass is 16.3. The number of aliphatic imine (C=N–C) groups is 1. The molecule has 0 radical (unpaired) electrons. The molecule has 0 aromatic heterocycles. The molecule has 0 heterocycles. The molecule has 3 N–H and O–H groups in total. The number of benzene rings is 1. The van der Waals surface area contributed by atoms with Crippen molar-refractivity contribution in [2.24, 2.45) is 10.4 Å². The second-order valence-electron chi connectivity index (χ2n) is 6.77. The van der Waals surface area contributed by atoms with E-state index in [0.717, 1.165) is 37.3 Å². The Balaban J connectivity index is 1.96. The fourth-order valence-corrected chi connectivity index (χ4v) is 3.07. The summed E-state index contributed by atoms with van der Waals surface area (Å²) in [6.07, 6.45) is 3.96. The first-order valence-electron chi connectivity index (χ1n) is 8.76. The van der Waals surface area contributed by atoms with Crippen LogP contribution in [0, 0.1) is 16.7 Å². The molecule has 1 saturated carbocycles. The van der Waals surface area contributed by atoms with E-state index in [1.54, 1.807) is 0 Å². The predicted octanol–water partition coefficient (Wildman–Crippen LogP) is 2.55. The van der Waals surface area contributed by atoms with Gasteiger partial charge < -0.3 is 15.7 Å². The lowest BCUT2D eigenvalue weighted by molar-refractivity contribution is 0.00397. The minimum absolute atomic E-state index is 0.0944. The van der Waals surface area contributed by atoms with Crippen LogP contribution >= 0.6 is 0 Å². The van der Waals surface area contributed by atoms with Gasteiger partial charge in [0.2, 0.25) is 0 Å². The molecule has 1 fully saturated rings. The van der Waals surface area contributed by atoms with Crippen molar-refractivity contribution in [2.45, 2.75) is 52.2 Å². The number of rotatable bonds is 5. The van der Waals surface area contributed by atoms with Crippen LogP contribution < -0.4 is 10.6 Å². The Hall–Kier alpha value is -2.06. The van der Waals surface area contributed by atoms with Crippen LogP contribution in [0.3, 0.4) is 0 Å². The molecular formula is C19H28N4O. The molecule has 0 spiro atoms. The molecular weight excluding hydrogens is 300 g/mol. The molecule has 130 valence electrons. The number of nitrogens with zero attached hydrogens (tertiary/aromatic N) is 2. The third kappa shape index (κ3) is 4.97. The van der Waals surface area contributed by atoms with Crippen LogP contribution in [0.4, 0.5) is 0 Å². The molecule has 5 heteroatoms. The number of guanidine groups is 1. The van der Waals surface area contributed by atoms with Crippen LogP contribution in [0.5, 0.6) is 0 Å². The molecule has 1 aromatic rings. The maximum atomic E-state index is 10.3. The van der Waals surface area contributed by atoms with Crippen LogP contribution in [0.15, 0.2) is 29.3 Å². The van der Waals surface area contributed by atoms with E-state index in [4.69, 9.17) is 5.26 Å². The normalized spacial score (nSPS) is 24.2. The average molecular weight is 328 g/mol. The van der Waals surface area contributed by atoms with Gasteiger partial charge in [0.1, 0.15) is 0 Å². The second-order valence-corrected chi connectivity index (χ2v) is 6.77. The van der Waals surface area contributed by atoms with Gasteiger partial charge in [-0.2, -0.15) is 5.26 Å². The van der Waals surface area contributed by atoms with Crippen molar-refractivity contribution in [1.82, 2.24) is 10.6 Å². The van der Waals surface area contributed by atoms with E-state index in [2.05, 4.69) is 28.6 Å². The fourth-order valence-electron chi connectivity index (χ4n) is 3.07. The standard InChI is InChI=1S/C19H28N4O/c1-3-21-18(22-13-16-9-7-15(12-20)8-10-16)23-14-19(2)11-5-4-6-17(19)24/h7-10,17,24H,3-6,11,13-14H2,1-2H3,(H2,21,22,23). The highest BCUT2D eigenvalue weighted by Gasteiger charge is 2.35. The first kappa shape index (κ1) is 18.3. The maximum absolute atomic E-state index is 10.3. The van der Waals surface area contributed by atoms with Crippen molar-refractivity contribution < 1.29 is 5.11 Å². The van der Waals surface area contributed by atoms with Crippen LogP contribution in [-0.4, -0.2) is 30.3 Å². The number of nitrogens with one attached hydrogen (secondary N) is 2. The summed E-state index contributed by atoms with van der Waals surface area (Å²) >= 11 is 0. The highest BCUT2D eigenvalue weighted by molar-refractivity contribution is 5.79. The molecule has 1 aliphatic rings. The largest absolute Gasteiger partial charge is 0.392 e. The molecule has 5 nitrogen and oxygen atoms in total. The van der Waals surface area contributed by atoms with Crippen molar-refractivity contribution >= 4 is 5.96 Å². The quantitative estimate of drug-likeness (QED) is 0.573. The van der Waals surface area contributed by atoms with Gasteiger partial charge in [-0.25, -0.2) is 4.99 Å². The second kappa shape index (κ2) is 8.70. The molecule has 0 bridgehead atoms. The number of aliphatic hydroxyl groups is 1. The van der Waals surface area contributed by atoms with Gasteiger partial charge >= 0.3 is 0 Å². The summed E-state index contributed by atoms with van der Waals surface area (Å²) in [5, 5.41) is 25.8. The van der Waals surface area contributed by atoms with E-state index >= 15 is 0 Å². The minimum Gasteiger partial charge on any atom is -0.392 e. The maximum Gasteiger partial charge on any atom is 0.191 e. The lowest BCUT2D eigenvalue weighted by atomic mass is 9.73. The van der Waals surface area contributed by atoms with Crippen molar-refractivity contribution in [2.75, 3.05) is 13.1 Å². The van der Waals surface area contributed by atoms with Crippen molar-refractivity contribution in [3.8, 4) is 6.07 Å². The Morgan fingerprint density at radius 2 is 2.08 bits per heavy atom. The lowest BCUT2D eigenvalue weighted by Gasteiger charge is -2.38. The van der Waals surface area contributed by atoms with Crippen LogP contribution in [0.2, 0.25) is 0 Å². The molecule has 2 unspecified atom stereocenters. The Morgan fingerprint density at radius 3 is 2.71 bits per heavy atom. The first-order valence-corrected chi connectivity index (χ1v) is 8.76. The Bertz CT molecular complexity index is 590. The molecule has 1 aliphatic carbocycles. The Labute approximate surface area is 144 Å². The van der Waals surface area contributed by atoms with E-state index in [1.807, 2.05) is 31.2 Å². The molecule has 0 amide bonds. The summed E-state index contributed by atoms with van der Waals surface area (Å²) in [5.41, 5.74) is 1.63. The molecule has 2 atom stereocenters. The summed E-state index contributed by atoms with van der Waals surface area (Å²) in [6, 6.07) is 9.60. The SMILES string of the molecule is CCNC(=NCc1ccc(C#N)cc1)NCC1(C)CCCCC1O. The van der Waals surface area contributed by atoms with Gasteiger partial charge in [0, 0.05) is 18.5 Å². The van der Waals surface area contributed by atoms with Crippen molar-refractivity contribution in [3.63, 3.8) is 0 Å². The summed E-state index contributed by atoms with van der Waals surface area (Å²) < 4.78 is 0. The summed E-state index contributed by atoms with van der Waals surface area (Å²) in [5.74, 6) is 0.765. The molecule has 0 aliphatic heterocycles. The highest BCUT2D eigenvalue weighted by Crippen LogP contribution is 2.35. The number of hydrogen-bond donors (Lipinski definition) is 3. The number of aliphatic hydroxyl groups excluding tert-OH is 1. The van der Waals surface area contributed by atoms with Gasteiger partial charge in [0.15, 0.2) is 5.96 Å². The third-order valence-corrected chi connectivity index (χ3v) is 4.79. The summed E-state index contributed by atoms with van der Waals surface area (Å²) in [4.78, 5) is 4.61. The zero-order chi connectivity index (χ0) is 17.4. The van der Waals surface area contributed by atoms with Gasteiger partial charge in [-0.05, 0) is 37.5 Å². The van der Waals surface area contributed by atoms with E-state index in [1.165, 1.54) is 6.42 Å². The van der Waals surface area contributed by atoms with E-state index in [9.17, 15) is 5.11 Å². The zero-order valence-corrected chi connectivity index (χ0v) is 14.7. The van der Waals surface area contributed by atoms with Gasteiger partial charge in [-0.1, -0.05) is 31.9 Å². The topological polar surface area (TPSA) is 80.4 Å². The van der Waals surface area contributed by atoms with E-state index < -0.39 is 0 Å². The Morgan fingerprint density at radius 1 is 1.33 bits per heavy atom. The minimum atomic E-state index is -0.250. The van der Waals surface area contributed by atoms with Crippen LogP contribution in [-0.2, 0) is 6.54 Å². The summed E-state index contributed by atoms with van der Waals surface area (Å²) in [7, 11) is 0. The fraction of sp³-hybridized carbons (Fsp3) is 0.579. The predicted molar refractivity (Wildman–Crippen MR) is 96.6 cm³/mol. The van der Waals surface area contributed by atoms with Gasteiger partial charge in [-0.3, -0.25) is 0 Å². The van der Waals surface area contributed by atoms with Crippen LogP contribution in [0.1, 0.15) is 50.7 Å². The lowest BCUT2D eigenvalue weighted by Crippen LogP contribution is -2.48. The smallest absolute Gasteiger partial charge is 0.191 e. The van der Waals surface area contributed by atoms with E-state index in [0.29, 0.717) is 18.7 Å². The number of nitriles is 1. The zero-order valence-electron chi connectivity index (χ0n) is 14.7. The van der Waals surface area contributed by atoms with E-state index in [-0.39, 0.29) is 11.5 Å². The van der Waals surface area contributed by atoms with Gasteiger partial charge in [0.05, 0.1) is 24.3 Å². The molecule has 0 saturated heterocycles. The summed E-state index contributed by atoms with van der Waals surface area (Å²) in [6.45, 7) is 6.25. The van der Waals surface area contributed by atoms with Crippen molar-refractivity contribution in [1.29, 1.82) is 5.26 Å². The van der Waals surface area contributed by atoms with Gasteiger partial charge in [-0.15, -0.1) is 0 Å². The molecule has 24 heavy (non-hydrogen) atoms. The van der Waals surface area contributed by atoms with Crippen LogP contribution in [0.25, 0.3) is 0 Å². The number of hydrogen-bond acceptors (Lipinski definition) is 3. The molecule has 2 rings (SSSR count). The monoisotopic (exact) mass is 328 g/mol. The Kier molecular flexibility index (Phi) is 6.62. The molecule has 1 aromatic carbocycles. The first-order chi connectivity index (χ1) is 11.6. The third-order valence-electron chi connectivity index (χ3n) is 4.79. The van der Waals surface area contributed by atoms with Gasteiger partial charge in [0.25, 0.3) is 0 Å².